The van der Waals surface area contributed by atoms with E-state index in [0.717, 1.165) is 11.8 Å². The van der Waals surface area contributed by atoms with Gasteiger partial charge in [0.15, 0.2) is 15.5 Å². The summed E-state index contributed by atoms with van der Waals surface area (Å²) in [6.07, 6.45) is 2.24. The highest BCUT2D eigenvalue weighted by atomic mass is 32.2. The second-order valence-electron chi connectivity index (χ2n) is 7.17. The average Bonchev–Trinajstić information content (AvgIpc) is 3.13. The van der Waals surface area contributed by atoms with Crippen LogP contribution in [0.1, 0.15) is 28.5 Å². The zero-order valence-corrected chi connectivity index (χ0v) is 17.7. The van der Waals surface area contributed by atoms with Crippen LogP contribution >= 0.6 is 0 Å². The van der Waals surface area contributed by atoms with Crippen molar-refractivity contribution in [2.75, 3.05) is 12.9 Å². The van der Waals surface area contributed by atoms with Crippen LogP contribution in [-0.4, -0.2) is 42.0 Å². The summed E-state index contributed by atoms with van der Waals surface area (Å²) in [4.78, 5) is 23.6. The third-order valence-electron chi connectivity index (χ3n) is 5.17. The Balaban J connectivity index is 1.95. The molecule has 4 rings (SSSR count). The van der Waals surface area contributed by atoms with E-state index in [9.17, 15) is 23.3 Å². The lowest BCUT2D eigenvalue weighted by Gasteiger charge is -2.18. The summed E-state index contributed by atoms with van der Waals surface area (Å²) >= 11 is 0. The Kier molecular flexibility index (Phi) is 5.10. The molecule has 1 aliphatic carbocycles. The van der Waals surface area contributed by atoms with Crippen molar-refractivity contribution in [3.8, 4) is 16.9 Å². The van der Waals surface area contributed by atoms with Crippen LogP contribution in [0.15, 0.2) is 47.4 Å². The fourth-order valence-electron chi connectivity index (χ4n) is 3.72. The maximum Gasteiger partial charge on any atom is 0.359 e. The number of ether oxygens (including phenoxy) is 1. The maximum atomic E-state index is 12.5. The molecule has 160 valence electrons. The van der Waals surface area contributed by atoms with Gasteiger partial charge < -0.3 is 4.74 Å². The van der Waals surface area contributed by atoms with E-state index in [4.69, 9.17) is 4.74 Å². The van der Waals surface area contributed by atoms with Gasteiger partial charge in [-0.3, -0.25) is 10.1 Å². The SMILES string of the molecule is CCOC(=O)c1nn(-c2ccc(S(C)(=O)=O)cc2)c2c1CCc1ccc([N+](=O)[O-])cc1-2. The molecule has 1 aromatic heterocycles. The summed E-state index contributed by atoms with van der Waals surface area (Å²) in [5.41, 5.74) is 3.36. The number of carbonyl (C=O) groups is 1. The fraction of sp³-hybridized carbons (Fsp3) is 0.238. The summed E-state index contributed by atoms with van der Waals surface area (Å²) in [6, 6.07) is 10.7. The molecule has 31 heavy (non-hydrogen) atoms. The van der Waals surface area contributed by atoms with E-state index >= 15 is 0 Å². The van der Waals surface area contributed by atoms with E-state index in [1.807, 2.05) is 0 Å². The minimum Gasteiger partial charge on any atom is -0.461 e. The molecule has 0 radical (unpaired) electrons. The van der Waals surface area contributed by atoms with Crippen molar-refractivity contribution >= 4 is 21.5 Å². The van der Waals surface area contributed by atoms with Crippen molar-refractivity contribution in [2.45, 2.75) is 24.7 Å². The van der Waals surface area contributed by atoms with E-state index < -0.39 is 20.7 Å². The van der Waals surface area contributed by atoms with Gasteiger partial charge >= 0.3 is 5.97 Å². The van der Waals surface area contributed by atoms with Gasteiger partial charge in [-0.05, 0) is 49.6 Å². The minimum absolute atomic E-state index is 0.0653. The first kappa shape index (κ1) is 20.7. The van der Waals surface area contributed by atoms with E-state index in [0.29, 0.717) is 35.3 Å². The number of benzene rings is 2. The Morgan fingerprint density at radius 3 is 2.52 bits per heavy atom. The number of nitro groups is 1. The monoisotopic (exact) mass is 441 g/mol. The molecule has 0 bridgehead atoms. The number of non-ortho nitro benzene ring substituents is 1. The van der Waals surface area contributed by atoms with Gasteiger partial charge in [0.05, 0.1) is 27.8 Å². The smallest absolute Gasteiger partial charge is 0.359 e. The van der Waals surface area contributed by atoms with E-state index in [-0.39, 0.29) is 22.9 Å². The first-order chi connectivity index (χ1) is 14.7. The molecule has 0 amide bonds. The first-order valence-corrected chi connectivity index (χ1v) is 11.5. The Hall–Kier alpha value is -3.53. The van der Waals surface area contributed by atoms with E-state index in [1.54, 1.807) is 25.1 Å². The van der Waals surface area contributed by atoms with Gasteiger partial charge in [-0.25, -0.2) is 17.9 Å². The first-order valence-electron chi connectivity index (χ1n) is 9.58. The van der Waals surface area contributed by atoms with Crippen LogP contribution in [0.4, 0.5) is 5.69 Å². The van der Waals surface area contributed by atoms with Gasteiger partial charge in [-0.1, -0.05) is 6.07 Å². The van der Waals surface area contributed by atoms with Crippen molar-refractivity contribution in [2.24, 2.45) is 0 Å². The van der Waals surface area contributed by atoms with Crippen molar-refractivity contribution < 1.29 is 22.9 Å². The maximum absolute atomic E-state index is 12.5. The molecule has 0 unspecified atom stereocenters. The normalized spacial score (nSPS) is 12.7. The number of aromatic nitrogens is 2. The highest BCUT2D eigenvalue weighted by molar-refractivity contribution is 7.90. The number of hydrogen-bond donors (Lipinski definition) is 0. The van der Waals surface area contributed by atoms with Crippen LogP contribution in [-0.2, 0) is 27.4 Å². The molecule has 0 aliphatic heterocycles. The van der Waals surface area contributed by atoms with Crippen LogP contribution in [0.3, 0.4) is 0 Å². The molecule has 0 saturated heterocycles. The molecular formula is C21H19N3O6S. The molecule has 0 fully saturated rings. The summed E-state index contributed by atoms with van der Waals surface area (Å²) in [5.74, 6) is -0.570. The van der Waals surface area contributed by atoms with Crippen LogP contribution in [0, 0.1) is 10.1 Å². The number of nitrogens with zero attached hydrogens (tertiary/aromatic N) is 3. The van der Waals surface area contributed by atoms with Gasteiger partial charge in [-0.15, -0.1) is 0 Å². The molecule has 1 aliphatic rings. The molecular weight excluding hydrogens is 422 g/mol. The fourth-order valence-corrected chi connectivity index (χ4v) is 4.36. The summed E-state index contributed by atoms with van der Waals surface area (Å²) in [6.45, 7) is 1.88. The Labute approximate surface area is 178 Å². The van der Waals surface area contributed by atoms with Gasteiger partial charge in [0.1, 0.15) is 0 Å². The number of aryl methyl sites for hydroxylation is 1. The topological polar surface area (TPSA) is 121 Å². The van der Waals surface area contributed by atoms with Gasteiger partial charge in [0.2, 0.25) is 0 Å². The average molecular weight is 441 g/mol. The Morgan fingerprint density at radius 2 is 1.90 bits per heavy atom. The van der Waals surface area contributed by atoms with Crippen LogP contribution in [0.25, 0.3) is 16.9 Å². The Bertz CT molecular complexity index is 1310. The predicted octanol–water partition coefficient (Wildman–Crippen LogP) is 3.13. The summed E-state index contributed by atoms with van der Waals surface area (Å²) < 4.78 is 30.3. The predicted molar refractivity (Wildman–Crippen MR) is 112 cm³/mol. The molecule has 0 saturated carbocycles. The second-order valence-corrected chi connectivity index (χ2v) is 9.19. The van der Waals surface area contributed by atoms with Crippen LogP contribution in [0.2, 0.25) is 0 Å². The third-order valence-corrected chi connectivity index (χ3v) is 6.29. The number of nitro benzene ring substituents is 1. The second kappa shape index (κ2) is 7.62. The lowest BCUT2D eigenvalue weighted by Crippen LogP contribution is -2.11. The lowest BCUT2D eigenvalue weighted by atomic mass is 9.88. The molecule has 10 heteroatoms. The molecule has 2 aromatic carbocycles. The van der Waals surface area contributed by atoms with Crippen molar-refractivity contribution in [1.82, 2.24) is 9.78 Å². The van der Waals surface area contributed by atoms with Crippen molar-refractivity contribution in [3.05, 3.63) is 69.4 Å². The number of fused-ring (bicyclic) bond motifs is 3. The van der Waals surface area contributed by atoms with Crippen molar-refractivity contribution in [3.63, 3.8) is 0 Å². The molecule has 0 N–H and O–H groups in total. The zero-order valence-electron chi connectivity index (χ0n) is 16.9. The lowest BCUT2D eigenvalue weighted by molar-refractivity contribution is -0.384. The third kappa shape index (κ3) is 3.70. The minimum atomic E-state index is -3.38. The van der Waals surface area contributed by atoms with Crippen LogP contribution < -0.4 is 0 Å². The van der Waals surface area contributed by atoms with E-state index in [1.165, 1.54) is 28.9 Å². The highest BCUT2D eigenvalue weighted by Gasteiger charge is 2.30. The molecule has 9 nitrogen and oxygen atoms in total. The van der Waals surface area contributed by atoms with E-state index in [2.05, 4.69) is 5.10 Å². The number of rotatable bonds is 5. The summed E-state index contributed by atoms with van der Waals surface area (Å²) in [7, 11) is -3.38. The van der Waals surface area contributed by atoms with Gasteiger partial charge in [0, 0.05) is 29.5 Å². The molecule has 1 heterocycles. The van der Waals surface area contributed by atoms with Gasteiger partial charge in [-0.2, -0.15) is 5.10 Å². The number of sulfone groups is 1. The largest absolute Gasteiger partial charge is 0.461 e. The quantitative estimate of drug-likeness (QED) is 0.339. The van der Waals surface area contributed by atoms with Gasteiger partial charge in [0.25, 0.3) is 5.69 Å². The van der Waals surface area contributed by atoms with Crippen molar-refractivity contribution in [1.29, 1.82) is 0 Å². The Morgan fingerprint density at radius 1 is 1.19 bits per heavy atom. The highest BCUT2D eigenvalue weighted by Crippen LogP contribution is 2.39. The summed E-state index contributed by atoms with van der Waals surface area (Å²) in [5, 5.41) is 15.8. The molecule has 0 spiro atoms. The van der Waals surface area contributed by atoms with Crippen LogP contribution in [0.5, 0.6) is 0 Å². The molecule has 0 atom stereocenters. The zero-order chi connectivity index (χ0) is 22.3. The number of esters is 1. The number of carbonyl (C=O) groups excluding carboxylic acids is 1. The molecule has 3 aromatic rings. The number of hydrogen-bond acceptors (Lipinski definition) is 7. The standard InChI is InChI=1S/C21H19N3O6S/c1-3-30-21(25)19-17-11-5-13-4-6-15(24(26)27)12-18(13)20(17)23(22-19)14-7-9-16(10-8-14)31(2,28)29/h4,6-10,12H,3,5,11H2,1-2H3.